The predicted molar refractivity (Wildman–Crippen MR) is 472 cm³/mol. The molecule has 10 nitrogen and oxygen atoms in total. The third-order valence-electron chi connectivity index (χ3n) is 16.2. The van der Waals surface area contributed by atoms with Gasteiger partial charge in [0, 0.05) is 64.8 Å². The maximum Gasteiger partial charge on any atom is 0.127 e. The van der Waals surface area contributed by atoms with Crippen LogP contribution in [0.25, 0.3) is 0 Å². The second-order valence-corrected chi connectivity index (χ2v) is 33.7. The number of phenolic OH excluding ortho intramolecular Hbond substituents is 5. The van der Waals surface area contributed by atoms with Crippen LogP contribution in [0.15, 0.2) is 176 Å². The Morgan fingerprint density at radius 1 is 0.290 bits per heavy atom. The molecule has 0 aromatic heterocycles. The number of nitrogens with one attached hydrogen (secondary N) is 5. The Morgan fingerprint density at radius 2 is 0.626 bits per heavy atom. The number of aromatic hydroxyl groups is 5. The molecule has 24 heteroatoms. The van der Waals surface area contributed by atoms with Gasteiger partial charge in [0.25, 0.3) is 0 Å². The summed E-state index contributed by atoms with van der Waals surface area (Å²) in [6.07, 6.45) is 0. The number of hydrogen-bond donors (Lipinski definition) is 10. The zero-order valence-electron chi connectivity index (χ0n) is 63.6. The van der Waals surface area contributed by atoms with E-state index in [1.807, 2.05) is 118 Å². The van der Waals surface area contributed by atoms with Crippen molar-refractivity contribution in [2.24, 2.45) is 0 Å². The van der Waals surface area contributed by atoms with E-state index in [0.717, 1.165) is 104 Å². The van der Waals surface area contributed by atoms with E-state index in [2.05, 4.69) is 105 Å². The van der Waals surface area contributed by atoms with Crippen LogP contribution in [-0.2, 0) is 43.6 Å². The van der Waals surface area contributed by atoms with Crippen LogP contribution in [-0.4, -0.2) is 60.8 Å². The Kier molecular flexibility index (Phi) is 44.7. The average molecular weight is 1660 g/mol. The Labute approximate surface area is 672 Å². The summed E-state index contributed by atoms with van der Waals surface area (Å²) < 4.78 is 53.1. The first kappa shape index (κ1) is 99.3. The highest BCUT2D eigenvalue weighted by Gasteiger charge is 2.26. The fraction of sp³-hybridized carbons (Fsp3) is 0.277. The van der Waals surface area contributed by atoms with Crippen LogP contribution < -0.4 is 79.6 Å². The lowest BCUT2D eigenvalue weighted by Crippen LogP contribution is -2.22. The molecule has 0 aliphatic heterocycles. The van der Waals surface area contributed by atoms with E-state index >= 15 is 0 Å². The van der Waals surface area contributed by atoms with E-state index in [1.54, 1.807) is 66.7 Å². The number of aryl methyl sites for hydroxylation is 5. The topological polar surface area (TPSA) is 161 Å². The Morgan fingerprint density at radius 3 is 1.05 bits per heavy atom. The standard InChI is InChI=1S/C23H34NOP.C16H19FNOP.2C15H17FNOP.C14H15FNOP.5ClH/c1-15-9-10-19(16(11-15)14-24-8)26-20-13-17(22(2,3)4)12-18(21(20)25)23(5,6)7;1-10-6-11(2)16(19)15(7-10)20-14-5-4-13(17)8-12(14)9-18-3;1-10-3-5-13(18)15(7-10)19-14-6-4-12(16)8-11(14)9-17-2;1-10-4-3-5-14(15(10)18)19-13-7-6-12(16)8-11(13)9-17-2;1-16-9-10-8-11(15)6-7-13(10)18-14-5-3-2-4-12(14)17;;;;;/h9-13,24-26H,14H2,1-8H3;4-8,18-20H,9H2,1-3H3;2*3-8,17-19H,9H2,1-2H3;2-8,16-18H,9H2,1H3;5*1H. The second kappa shape index (κ2) is 48.2. The minimum atomic E-state index is -0.230. The van der Waals surface area contributed by atoms with Gasteiger partial charge >= 0.3 is 0 Å². The van der Waals surface area contributed by atoms with Crippen molar-refractivity contribution in [1.82, 2.24) is 26.6 Å². The highest BCUT2D eigenvalue weighted by atomic mass is 35.5. The summed E-state index contributed by atoms with van der Waals surface area (Å²) in [6, 6.07) is 52.7. The van der Waals surface area contributed by atoms with Crippen molar-refractivity contribution in [2.75, 3.05) is 35.2 Å². The van der Waals surface area contributed by atoms with E-state index in [-0.39, 0.29) is 102 Å². The minimum absolute atomic E-state index is 0. The molecule has 10 N–H and O–H groups in total. The molecule has 10 rings (SSSR count). The summed E-state index contributed by atoms with van der Waals surface area (Å²) in [6.45, 7) is 26.4. The van der Waals surface area contributed by atoms with Crippen LogP contribution in [0.3, 0.4) is 0 Å². The van der Waals surface area contributed by atoms with Crippen LogP contribution in [0.1, 0.15) is 108 Å². The molecular weight excluding hydrogens is 1560 g/mol. The first-order valence-electron chi connectivity index (χ1n) is 33.7. The van der Waals surface area contributed by atoms with Crippen molar-refractivity contribution < 1.29 is 43.1 Å². The number of hydrogen-bond acceptors (Lipinski definition) is 10. The van der Waals surface area contributed by atoms with E-state index in [9.17, 15) is 43.1 Å². The largest absolute Gasteiger partial charge is 0.507 e. The molecule has 10 aromatic rings. The van der Waals surface area contributed by atoms with Gasteiger partial charge in [-0.05, 0) is 236 Å². The van der Waals surface area contributed by atoms with Gasteiger partial charge in [-0.3, -0.25) is 0 Å². The summed E-state index contributed by atoms with van der Waals surface area (Å²) in [5, 5.41) is 76.5. The summed E-state index contributed by atoms with van der Waals surface area (Å²) in [5.74, 6) is 0.798. The van der Waals surface area contributed by atoms with Gasteiger partial charge in [0.05, 0.1) is 0 Å². The number of phenols is 5. The zero-order chi connectivity index (χ0) is 75.0. The molecule has 0 fully saturated rings. The van der Waals surface area contributed by atoms with Gasteiger partial charge in [0.15, 0.2) is 0 Å². The van der Waals surface area contributed by atoms with E-state index < -0.39 is 0 Å². The minimum Gasteiger partial charge on any atom is -0.507 e. The van der Waals surface area contributed by atoms with Gasteiger partial charge in [-0.1, -0.05) is 193 Å². The Hall–Kier alpha value is -5.68. The quantitative estimate of drug-likeness (QED) is 0.0263. The van der Waals surface area contributed by atoms with Crippen molar-refractivity contribution in [2.45, 2.75) is 120 Å². The SMILES string of the molecule is CNCc1cc(C)ccc1Pc1cc(C(C)(C)C)cc(C(C)(C)C)c1O.CNCc1cc(F)ccc1Pc1cc(C)cc(C)c1O.CNCc1cc(F)ccc1Pc1cc(C)ccc1O.CNCc1cc(F)ccc1Pc1cccc(C)c1O.CNCc1cc(F)ccc1Pc1ccccc1O.Cl.Cl.Cl.Cl.Cl. The molecular formula is C83H107Cl5F4N5O5P5. The Bertz CT molecular complexity index is 4390. The molecule has 5 atom stereocenters. The molecule has 107 heavy (non-hydrogen) atoms. The van der Waals surface area contributed by atoms with Crippen LogP contribution in [0.2, 0.25) is 0 Å². The molecule has 0 amide bonds. The molecule has 10 aromatic carbocycles. The van der Waals surface area contributed by atoms with Crippen LogP contribution in [0.4, 0.5) is 17.6 Å². The third kappa shape index (κ3) is 31.2. The maximum absolute atomic E-state index is 13.3. The van der Waals surface area contributed by atoms with E-state index in [0.29, 0.717) is 92.1 Å². The molecule has 0 aliphatic carbocycles. The van der Waals surface area contributed by atoms with Crippen LogP contribution >= 0.6 is 105 Å². The molecule has 0 aliphatic rings. The molecule has 0 bridgehead atoms. The first-order valence-corrected chi connectivity index (χ1v) is 38.7. The van der Waals surface area contributed by atoms with Crippen molar-refractivity contribution in [3.05, 3.63) is 266 Å². The second-order valence-electron chi connectivity index (χ2n) is 27.0. The summed E-state index contributed by atoms with van der Waals surface area (Å²) >= 11 is 0. The monoisotopic (exact) mass is 1660 g/mol. The van der Waals surface area contributed by atoms with Gasteiger partial charge in [0.2, 0.25) is 0 Å². The molecule has 582 valence electrons. The van der Waals surface area contributed by atoms with E-state index in [4.69, 9.17) is 0 Å². The molecule has 5 unspecified atom stereocenters. The number of rotatable bonds is 20. The van der Waals surface area contributed by atoms with Gasteiger partial charge in [-0.15, -0.1) is 62.0 Å². The molecule has 0 spiro atoms. The van der Waals surface area contributed by atoms with Crippen molar-refractivity contribution >= 4 is 158 Å². The molecule has 0 heterocycles. The first-order chi connectivity index (χ1) is 48.3. The lowest BCUT2D eigenvalue weighted by molar-refractivity contribution is 0.449. The average Bonchev–Trinajstić information content (AvgIpc) is 0.781. The maximum atomic E-state index is 13.3. The summed E-state index contributed by atoms with van der Waals surface area (Å²) in [7, 11) is 11.0. The van der Waals surface area contributed by atoms with Gasteiger partial charge in [0.1, 0.15) is 52.0 Å². The van der Waals surface area contributed by atoms with Crippen LogP contribution in [0.5, 0.6) is 28.7 Å². The zero-order valence-corrected chi connectivity index (χ0v) is 72.7. The lowest BCUT2D eigenvalue weighted by Gasteiger charge is -2.27. The smallest absolute Gasteiger partial charge is 0.127 e. The van der Waals surface area contributed by atoms with E-state index in [1.165, 1.54) is 46.3 Å². The van der Waals surface area contributed by atoms with Gasteiger partial charge in [-0.2, -0.15) is 0 Å². The van der Waals surface area contributed by atoms with Crippen molar-refractivity contribution in [1.29, 1.82) is 0 Å². The Balaban J connectivity index is 0.000000665. The fourth-order valence-electron chi connectivity index (χ4n) is 10.9. The third-order valence-corrected chi connectivity index (χ3v) is 23.4. The highest BCUT2D eigenvalue weighted by molar-refractivity contribution is 7.57. The molecule has 0 saturated heterocycles. The summed E-state index contributed by atoms with van der Waals surface area (Å²) in [5.41, 5.74) is 12.6. The summed E-state index contributed by atoms with van der Waals surface area (Å²) in [4.78, 5) is 0. The molecule has 0 saturated carbocycles. The van der Waals surface area contributed by atoms with Gasteiger partial charge < -0.3 is 52.1 Å². The fourth-order valence-corrected chi connectivity index (χ4v) is 17.3. The number of halogens is 9. The highest BCUT2D eigenvalue weighted by Crippen LogP contribution is 2.37. The molecule has 0 radical (unpaired) electrons. The number of para-hydroxylation sites is 2. The lowest BCUT2D eigenvalue weighted by atomic mass is 9.80. The predicted octanol–water partition coefficient (Wildman–Crippen LogP) is 15.5. The normalized spacial score (nSPS) is 11.2. The van der Waals surface area contributed by atoms with Crippen molar-refractivity contribution in [3.63, 3.8) is 0 Å². The van der Waals surface area contributed by atoms with Crippen molar-refractivity contribution in [3.8, 4) is 28.7 Å². The van der Waals surface area contributed by atoms with Gasteiger partial charge in [-0.25, -0.2) is 17.6 Å². The van der Waals surface area contributed by atoms with Crippen LogP contribution in [0, 0.1) is 57.9 Å². The number of benzene rings is 10.